The molecule has 1 amide bonds. The molecule has 1 aromatic rings. The van der Waals surface area contributed by atoms with Gasteiger partial charge >= 0.3 is 0 Å². The van der Waals surface area contributed by atoms with Crippen LogP contribution >= 0.6 is 11.3 Å². The Labute approximate surface area is 132 Å². The molecule has 1 atom stereocenters. The lowest BCUT2D eigenvalue weighted by Gasteiger charge is -2.22. The van der Waals surface area contributed by atoms with Crippen LogP contribution in [0.1, 0.15) is 49.8 Å². The van der Waals surface area contributed by atoms with E-state index < -0.39 is 0 Å². The monoisotopic (exact) mass is 308 g/mol. The fourth-order valence-corrected chi connectivity index (χ4v) is 3.64. The van der Waals surface area contributed by atoms with Crippen LogP contribution in [-0.4, -0.2) is 25.5 Å². The highest BCUT2D eigenvalue weighted by atomic mass is 32.1. The van der Waals surface area contributed by atoms with Crippen molar-refractivity contribution in [2.24, 2.45) is 5.92 Å². The molecule has 0 aromatic carbocycles. The Hall–Kier alpha value is -0.870. The minimum absolute atomic E-state index is 0.231. The molecule has 0 saturated carbocycles. The molecule has 0 aliphatic carbocycles. The molecule has 2 N–H and O–H groups in total. The number of hydrogen-bond acceptors (Lipinski definition) is 3. The molecule has 0 bridgehead atoms. The number of hydrogen-bond donors (Lipinski definition) is 2. The van der Waals surface area contributed by atoms with Gasteiger partial charge in [-0.1, -0.05) is 12.5 Å². The van der Waals surface area contributed by atoms with Crippen molar-refractivity contribution in [1.29, 1.82) is 0 Å². The van der Waals surface area contributed by atoms with E-state index in [-0.39, 0.29) is 5.91 Å². The molecule has 118 valence electrons. The first-order valence-electron chi connectivity index (χ1n) is 8.34. The van der Waals surface area contributed by atoms with E-state index in [4.69, 9.17) is 0 Å². The highest BCUT2D eigenvalue weighted by molar-refractivity contribution is 7.09. The van der Waals surface area contributed by atoms with Gasteiger partial charge in [0, 0.05) is 17.8 Å². The van der Waals surface area contributed by atoms with E-state index in [2.05, 4.69) is 28.1 Å². The van der Waals surface area contributed by atoms with E-state index in [0.717, 1.165) is 51.2 Å². The number of nitrogens with one attached hydrogen (secondary N) is 2. The fraction of sp³-hybridized carbons (Fsp3) is 0.706. The largest absolute Gasteiger partial charge is 0.356 e. The quantitative estimate of drug-likeness (QED) is 0.687. The van der Waals surface area contributed by atoms with Crippen LogP contribution in [0.5, 0.6) is 0 Å². The number of thiophene rings is 1. The van der Waals surface area contributed by atoms with Gasteiger partial charge in [-0.2, -0.15) is 0 Å². The molecule has 1 aromatic heterocycles. The van der Waals surface area contributed by atoms with E-state index >= 15 is 0 Å². The summed E-state index contributed by atoms with van der Waals surface area (Å²) in [6, 6.07) is 4.30. The van der Waals surface area contributed by atoms with Gasteiger partial charge < -0.3 is 10.6 Å². The Kier molecular flexibility index (Phi) is 7.82. The van der Waals surface area contributed by atoms with Crippen molar-refractivity contribution in [3.63, 3.8) is 0 Å². The predicted molar refractivity (Wildman–Crippen MR) is 89.7 cm³/mol. The van der Waals surface area contributed by atoms with Crippen LogP contribution in [0, 0.1) is 5.92 Å². The topological polar surface area (TPSA) is 41.1 Å². The van der Waals surface area contributed by atoms with Crippen LogP contribution in [0.2, 0.25) is 0 Å². The van der Waals surface area contributed by atoms with Crippen LogP contribution in [0.15, 0.2) is 17.5 Å². The van der Waals surface area contributed by atoms with E-state index in [1.807, 2.05) is 11.3 Å². The molecule has 2 rings (SSSR count). The van der Waals surface area contributed by atoms with Gasteiger partial charge in [-0.15, -0.1) is 11.3 Å². The van der Waals surface area contributed by atoms with Gasteiger partial charge in [0.2, 0.25) is 5.91 Å². The highest BCUT2D eigenvalue weighted by Gasteiger charge is 2.12. The van der Waals surface area contributed by atoms with E-state index in [9.17, 15) is 4.79 Å². The average Bonchev–Trinajstić information content (AvgIpc) is 3.01. The number of piperidine rings is 1. The zero-order valence-corrected chi connectivity index (χ0v) is 13.7. The first-order chi connectivity index (χ1) is 10.3. The van der Waals surface area contributed by atoms with Crippen molar-refractivity contribution in [3.05, 3.63) is 22.4 Å². The smallest absolute Gasteiger partial charge is 0.219 e. The number of rotatable bonds is 9. The number of carbonyl (C=O) groups excluding carboxylic acids is 1. The molecule has 1 aliphatic rings. The lowest BCUT2D eigenvalue weighted by molar-refractivity contribution is -0.121. The third-order valence-electron chi connectivity index (χ3n) is 4.18. The van der Waals surface area contributed by atoms with Gasteiger partial charge in [0.1, 0.15) is 0 Å². The summed E-state index contributed by atoms with van der Waals surface area (Å²) in [5.41, 5.74) is 0. The van der Waals surface area contributed by atoms with Gasteiger partial charge in [-0.25, -0.2) is 0 Å². The summed E-state index contributed by atoms with van der Waals surface area (Å²) in [6.07, 6.45) is 8.93. The van der Waals surface area contributed by atoms with Crippen LogP contribution < -0.4 is 10.6 Å². The second-order valence-electron chi connectivity index (χ2n) is 5.99. The van der Waals surface area contributed by atoms with Gasteiger partial charge in [-0.3, -0.25) is 4.79 Å². The van der Waals surface area contributed by atoms with Crippen molar-refractivity contribution in [2.75, 3.05) is 19.6 Å². The first kappa shape index (κ1) is 16.5. The maximum atomic E-state index is 11.8. The van der Waals surface area contributed by atoms with Crippen LogP contribution in [0.25, 0.3) is 0 Å². The molecule has 4 heteroatoms. The van der Waals surface area contributed by atoms with Crippen molar-refractivity contribution in [3.8, 4) is 0 Å². The molecule has 1 saturated heterocycles. The molecule has 0 spiro atoms. The molecule has 1 fully saturated rings. The fourth-order valence-electron chi connectivity index (χ4n) is 2.89. The molecule has 21 heavy (non-hydrogen) atoms. The standard InChI is InChI=1S/C17H28N2OS/c20-17(19-12-10-15-6-4-11-18-14-15)9-3-1-2-7-16-8-5-13-21-16/h5,8,13,15,18H,1-4,6-7,9-12,14H2,(H,19,20). The Morgan fingerprint density at radius 1 is 1.38 bits per heavy atom. The predicted octanol–water partition coefficient (Wildman–Crippen LogP) is 3.36. The number of carbonyl (C=O) groups is 1. The van der Waals surface area contributed by atoms with Crippen molar-refractivity contribution in [1.82, 2.24) is 10.6 Å². The summed E-state index contributed by atoms with van der Waals surface area (Å²) < 4.78 is 0. The van der Waals surface area contributed by atoms with Crippen molar-refractivity contribution < 1.29 is 4.79 Å². The molecule has 1 unspecified atom stereocenters. The van der Waals surface area contributed by atoms with Gasteiger partial charge in [-0.05, 0) is 69.0 Å². The summed E-state index contributed by atoms with van der Waals surface area (Å²) in [6.45, 7) is 3.13. The van der Waals surface area contributed by atoms with Gasteiger partial charge in [0.15, 0.2) is 0 Å². The summed E-state index contributed by atoms with van der Waals surface area (Å²) in [5, 5.41) is 8.62. The third-order valence-corrected chi connectivity index (χ3v) is 5.12. The Bertz CT molecular complexity index is 386. The van der Waals surface area contributed by atoms with Gasteiger partial charge in [0.25, 0.3) is 0 Å². The summed E-state index contributed by atoms with van der Waals surface area (Å²) in [4.78, 5) is 13.2. The number of aryl methyl sites for hydroxylation is 1. The minimum Gasteiger partial charge on any atom is -0.356 e. The molecule has 3 nitrogen and oxygen atoms in total. The van der Waals surface area contributed by atoms with E-state index in [0.29, 0.717) is 6.42 Å². The second-order valence-corrected chi connectivity index (χ2v) is 7.02. The summed E-state index contributed by atoms with van der Waals surface area (Å²) in [5.74, 6) is 0.986. The SMILES string of the molecule is O=C(CCCCCc1cccs1)NCCC1CCCNC1. The Morgan fingerprint density at radius 3 is 3.10 bits per heavy atom. The maximum Gasteiger partial charge on any atom is 0.219 e. The second kappa shape index (κ2) is 9.96. The van der Waals surface area contributed by atoms with E-state index in [1.165, 1.54) is 24.1 Å². The van der Waals surface area contributed by atoms with Crippen molar-refractivity contribution in [2.45, 2.75) is 51.4 Å². The summed E-state index contributed by atoms with van der Waals surface area (Å²) in [7, 11) is 0. The number of unbranched alkanes of at least 4 members (excludes halogenated alkanes) is 2. The Morgan fingerprint density at radius 2 is 2.33 bits per heavy atom. The maximum absolute atomic E-state index is 11.8. The number of amides is 1. The molecule has 2 heterocycles. The summed E-state index contributed by atoms with van der Waals surface area (Å²) >= 11 is 1.83. The normalized spacial score (nSPS) is 18.6. The molecular weight excluding hydrogens is 280 g/mol. The molecule has 0 radical (unpaired) electrons. The lowest BCUT2D eigenvalue weighted by Crippen LogP contribution is -2.33. The van der Waals surface area contributed by atoms with Crippen molar-refractivity contribution >= 4 is 17.2 Å². The average molecular weight is 308 g/mol. The Balaban J connectivity index is 1.42. The van der Waals surface area contributed by atoms with Crippen LogP contribution in [0.4, 0.5) is 0 Å². The zero-order valence-electron chi connectivity index (χ0n) is 12.9. The first-order valence-corrected chi connectivity index (χ1v) is 9.22. The third kappa shape index (κ3) is 7.09. The zero-order chi connectivity index (χ0) is 14.8. The lowest BCUT2D eigenvalue weighted by atomic mass is 9.96. The van der Waals surface area contributed by atoms with Gasteiger partial charge in [0.05, 0.1) is 0 Å². The molecular formula is C17H28N2OS. The highest BCUT2D eigenvalue weighted by Crippen LogP contribution is 2.14. The van der Waals surface area contributed by atoms with Crippen LogP contribution in [-0.2, 0) is 11.2 Å². The molecule has 1 aliphatic heterocycles. The minimum atomic E-state index is 0.231. The van der Waals surface area contributed by atoms with Crippen LogP contribution in [0.3, 0.4) is 0 Å². The van der Waals surface area contributed by atoms with E-state index in [1.54, 1.807) is 0 Å².